The van der Waals surface area contributed by atoms with Gasteiger partial charge in [-0.1, -0.05) is 19.1 Å². The zero-order chi connectivity index (χ0) is 17.5. The van der Waals surface area contributed by atoms with Crippen molar-refractivity contribution in [3.05, 3.63) is 29.8 Å². The van der Waals surface area contributed by atoms with Gasteiger partial charge in [-0.2, -0.15) is 0 Å². The Labute approximate surface area is 167 Å². The van der Waals surface area contributed by atoms with Crippen LogP contribution in [-0.2, 0) is 16.0 Å². The van der Waals surface area contributed by atoms with Crippen LogP contribution in [0.4, 0.5) is 5.69 Å². The zero-order valence-electron chi connectivity index (χ0n) is 15.1. The number of anilines is 1. The number of hydrogen-bond donors (Lipinski definition) is 3. The molecule has 1 saturated heterocycles. The molecule has 0 bridgehead atoms. The molecule has 1 aromatic carbocycles. The van der Waals surface area contributed by atoms with Crippen molar-refractivity contribution in [2.24, 2.45) is 23.3 Å². The Balaban J connectivity index is 0.00000312. The van der Waals surface area contributed by atoms with E-state index in [1.165, 1.54) is 5.56 Å². The minimum absolute atomic E-state index is 0. The highest BCUT2D eigenvalue weighted by Crippen LogP contribution is 2.17. The van der Waals surface area contributed by atoms with Crippen LogP contribution < -0.4 is 16.8 Å². The highest BCUT2D eigenvalue weighted by molar-refractivity contribution is 5.92. The molecule has 1 heterocycles. The van der Waals surface area contributed by atoms with Gasteiger partial charge in [0.15, 0.2) is 0 Å². The molecule has 6 nitrogen and oxygen atoms in total. The fourth-order valence-corrected chi connectivity index (χ4v) is 2.86. The lowest BCUT2D eigenvalue weighted by Gasteiger charge is -2.30. The van der Waals surface area contributed by atoms with Gasteiger partial charge in [-0.3, -0.25) is 9.59 Å². The van der Waals surface area contributed by atoms with Gasteiger partial charge in [-0.15, -0.1) is 24.8 Å². The van der Waals surface area contributed by atoms with E-state index >= 15 is 0 Å². The molecule has 8 heteroatoms. The first-order valence-corrected chi connectivity index (χ1v) is 8.61. The second-order valence-electron chi connectivity index (χ2n) is 6.59. The van der Waals surface area contributed by atoms with Crippen LogP contribution in [0.1, 0.15) is 25.3 Å². The first kappa shape index (κ1) is 24.7. The Morgan fingerprint density at radius 2 is 1.77 bits per heavy atom. The molecule has 0 saturated carbocycles. The van der Waals surface area contributed by atoms with Gasteiger partial charge in [0.05, 0.1) is 0 Å². The van der Waals surface area contributed by atoms with Crippen LogP contribution in [0.3, 0.4) is 0 Å². The van der Waals surface area contributed by atoms with E-state index in [0.717, 1.165) is 44.6 Å². The maximum atomic E-state index is 11.8. The van der Waals surface area contributed by atoms with Crippen molar-refractivity contribution in [2.75, 3.05) is 31.5 Å². The van der Waals surface area contributed by atoms with Crippen molar-refractivity contribution in [3.8, 4) is 0 Å². The van der Waals surface area contributed by atoms with Gasteiger partial charge in [0.2, 0.25) is 11.8 Å². The number of amides is 2. The second kappa shape index (κ2) is 12.1. The number of halogens is 2. The molecule has 2 rings (SSSR count). The van der Waals surface area contributed by atoms with E-state index in [9.17, 15) is 9.59 Å². The number of primary amides is 1. The Hall–Kier alpha value is -1.34. The predicted molar refractivity (Wildman–Crippen MR) is 110 cm³/mol. The highest BCUT2D eigenvalue weighted by atomic mass is 35.5. The molecule has 0 radical (unpaired) electrons. The molecule has 5 N–H and O–H groups in total. The molecule has 148 valence electrons. The van der Waals surface area contributed by atoms with Crippen molar-refractivity contribution in [1.82, 2.24) is 4.90 Å². The molecule has 2 amide bonds. The van der Waals surface area contributed by atoms with E-state index in [4.69, 9.17) is 11.5 Å². The van der Waals surface area contributed by atoms with Crippen LogP contribution >= 0.6 is 24.8 Å². The van der Waals surface area contributed by atoms with Crippen LogP contribution in [0.15, 0.2) is 24.3 Å². The summed E-state index contributed by atoms with van der Waals surface area (Å²) < 4.78 is 0. The van der Waals surface area contributed by atoms with Crippen LogP contribution in [0.2, 0.25) is 0 Å². The van der Waals surface area contributed by atoms with Gasteiger partial charge in [0.25, 0.3) is 0 Å². The molecule has 26 heavy (non-hydrogen) atoms. The number of hydrogen-bond acceptors (Lipinski definition) is 4. The lowest BCUT2D eigenvalue weighted by molar-refractivity contribution is -0.123. The van der Waals surface area contributed by atoms with Crippen LogP contribution in [-0.4, -0.2) is 42.9 Å². The van der Waals surface area contributed by atoms with Crippen molar-refractivity contribution in [1.29, 1.82) is 0 Å². The number of carbonyl (C=O) groups is 2. The standard InChI is InChI=1S/C18H28N4O2.2ClH/c1-13(12-19)18(24)21-16-4-2-14(3-5-16)6-9-22-10-7-15(8-11-22)17(20)23;;/h2-5,13,15H,6-12,19H2,1H3,(H2,20,23)(H,21,24);2*1H. The Bertz CT molecular complexity index is 561. The number of nitrogens with two attached hydrogens (primary N) is 2. The SMILES string of the molecule is CC(CN)C(=O)Nc1ccc(CCN2CCC(C(N)=O)CC2)cc1.Cl.Cl. The number of benzene rings is 1. The molecule has 0 aromatic heterocycles. The molecular weight excluding hydrogens is 375 g/mol. The molecule has 0 spiro atoms. The monoisotopic (exact) mass is 404 g/mol. The Kier molecular flexibility index (Phi) is 11.5. The average molecular weight is 405 g/mol. The first-order valence-electron chi connectivity index (χ1n) is 8.61. The zero-order valence-corrected chi connectivity index (χ0v) is 16.8. The van der Waals surface area contributed by atoms with Gasteiger partial charge in [-0.25, -0.2) is 0 Å². The molecule has 1 aromatic rings. The van der Waals surface area contributed by atoms with E-state index in [-0.39, 0.29) is 48.5 Å². The lowest BCUT2D eigenvalue weighted by atomic mass is 9.96. The third kappa shape index (κ3) is 7.50. The summed E-state index contributed by atoms with van der Waals surface area (Å²) in [6.07, 6.45) is 2.67. The van der Waals surface area contributed by atoms with E-state index in [2.05, 4.69) is 10.2 Å². The summed E-state index contributed by atoms with van der Waals surface area (Å²) in [5.74, 6) is -0.369. The van der Waals surface area contributed by atoms with Crippen molar-refractivity contribution >= 4 is 42.3 Å². The quantitative estimate of drug-likeness (QED) is 0.644. The van der Waals surface area contributed by atoms with Gasteiger partial charge in [-0.05, 0) is 50.0 Å². The van der Waals surface area contributed by atoms with Gasteiger partial charge in [0, 0.05) is 30.6 Å². The van der Waals surface area contributed by atoms with Crippen LogP contribution in [0, 0.1) is 11.8 Å². The predicted octanol–water partition coefficient (Wildman–Crippen LogP) is 1.80. The maximum absolute atomic E-state index is 11.8. The lowest BCUT2D eigenvalue weighted by Crippen LogP contribution is -2.39. The van der Waals surface area contributed by atoms with E-state index in [1.54, 1.807) is 0 Å². The molecule has 1 atom stereocenters. The fourth-order valence-electron chi connectivity index (χ4n) is 2.86. The van der Waals surface area contributed by atoms with Gasteiger partial charge in [0.1, 0.15) is 0 Å². The van der Waals surface area contributed by atoms with E-state index in [1.807, 2.05) is 31.2 Å². The second-order valence-corrected chi connectivity index (χ2v) is 6.59. The minimum Gasteiger partial charge on any atom is -0.369 e. The Morgan fingerprint density at radius 1 is 1.19 bits per heavy atom. The number of nitrogens with zero attached hydrogens (tertiary/aromatic N) is 1. The summed E-state index contributed by atoms with van der Waals surface area (Å²) in [4.78, 5) is 25.4. The third-order valence-electron chi connectivity index (χ3n) is 4.73. The number of piperidine rings is 1. The molecule has 1 fully saturated rings. The fraction of sp³-hybridized carbons (Fsp3) is 0.556. The highest BCUT2D eigenvalue weighted by Gasteiger charge is 2.22. The summed E-state index contributed by atoms with van der Waals surface area (Å²) in [5, 5.41) is 2.87. The average Bonchev–Trinajstić information content (AvgIpc) is 2.60. The maximum Gasteiger partial charge on any atom is 0.228 e. The van der Waals surface area contributed by atoms with Gasteiger partial charge < -0.3 is 21.7 Å². The number of rotatable bonds is 7. The first-order chi connectivity index (χ1) is 11.5. The van der Waals surface area contributed by atoms with Gasteiger partial charge >= 0.3 is 0 Å². The summed E-state index contributed by atoms with van der Waals surface area (Å²) in [7, 11) is 0. The summed E-state index contributed by atoms with van der Waals surface area (Å²) in [5.41, 5.74) is 12.9. The van der Waals surface area contributed by atoms with Crippen LogP contribution in [0.25, 0.3) is 0 Å². The molecule has 1 unspecified atom stereocenters. The van der Waals surface area contributed by atoms with Crippen molar-refractivity contribution in [3.63, 3.8) is 0 Å². The third-order valence-corrected chi connectivity index (χ3v) is 4.73. The Morgan fingerprint density at radius 3 is 2.27 bits per heavy atom. The normalized spacial score (nSPS) is 16.1. The molecule has 1 aliphatic heterocycles. The topological polar surface area (TPSA) is 101 Å². The summed E-state index contributed by atoms with van der Waals surface area (Å²) in [6, 6.07) is 7.93. The van der Waals surface area contributed by atoms with E-state index in [0.29, 0.717) is 6.54 Å². The minimum atomic E-state index is -0.187. The summed E-state index contributed by atoms with van der Waals surface area (Å²) >= 11 is 0. The molecular formula is C18H30Cl2N4O2. The molecule has 1 aliphatic rings. The van der Waals surface area contributed by atoms with Crippen molar-refractivity contribution < 1.29 is 9.59 Å². The van der Waals surface area contributed by atoms with Crippen LogP contribution in [0.5, 0.6) is 0 Å². The molecule has 0 aliphatic carbocycles. The number of carbonyl (C=O) groups excluding carboxylic acids is 2. The smallest absolute Gasteiger partial charge is 0.228 e. The number of nitrogens with one attached hydrogen (secondary N) is 1. The number of likely N-dealkylation sites (tertiary alicyclic amines) is 1. The largest absolute Gasteiger partial charge is 0.369 e. The van der Waals surface area contributed by atoms with E-state index < -0.39 is 0 Å². The summed E-state index contributed by atoms with van der Waals surface area (Å²) in [6.45, 7) is 4.99. The van der Waals surface area contributed by atoms with Crippen molar-refractivity contribution in [2.45, 2.75) is 26.2 Å².